The number of amidine groups is 1. The highest BCUT2D eigenvalue weighted by Gasteiger charge is 2.45. The molecule has 5 nitrogen and oxygen atoms in total. The molecule has 0 saturated carbocycles. The average Bonchev–Trinajstić information content (AvgIpc) is 3.15. The number of hydrogen-bond donors (Lipinski definition) is 2. The number of benzene rings is 1. The molecule has 1 aromatic heterocycles. The molecule has 1 fully saturated rings. The Morgan fingerprint density at radius 3 is 2.70 bits per heavy atom. The average molecular weight is 383 g/mol. The van der Waals surface area contributed by atoms with Crippen molar-refractivity contribution in [2.75, 3.05) is 23.7 Å². The maximum atomic E-state index is 13.0. The molecule has 0 bridgehead atoms. The Morgan fingerprint density at radius 2 is 2.00 bits per heavy atom. The summed E-state index contributed by atoms with van der Waals surface area (Å²) in [6.45, 7) is 7.70. The molecule has 1 unspecified atom stereocenters. The smallest absolute Gasteiger partial charge is 0.254 e. The number of carbonyl (C=O) groups excluding carboxylic acids is 1. The van der Waals surface area contributed by atoms with Gasteiger partial charge in [-0.1, -0.05) is 12.1 Å². The third kappa shape index (κ3) is 3.58. The van der Waals surface area contributed by atoms with Gasteiger partial charge in [-0.3, -0.25) is 9.79 Å². The van der Waals surface area contributed by atoms with E-state index in [-0.39, 0.29) is 17.0 Å². The van der Waals surface area contributed by atoms with Gasteiger partial charge in [-0.05, 0) is 57.2 Å². The van der Waals surface area contributed by atoms with Crippen LogP contribution >= 0.6 is 11.3 Å². The largest absolute Gasteiger partial charge is 0.370 e. The highest BCUT2D eigenvalue weighted by atomic mass is 32.1. The van der Waals surface area contributed by atoms with Crippen LogP contribution in [-0.2, 0) is 0 Å². The van der Waals surface area contributed by atoms with Crippen LogP contribution < -0.4 is 10.6 Å². The lowest BCUT2D eigenvalue weighted by atomic mass is 9.84. The van der Waals surface area contributed by atoms with E-state index in [1.807, 2.05) is 33.9 Å². The molecule has 3 heterocycles. The molecule has 1 aromatic carbocycles. The Hall–Kier alpha value is -2.34. The maximum Gasteiger partial charge on any atom is 0.254 e. The maximum absolute atomic E-state index is 13.0. The zero-order valence-electron chi connectivity index (χ0n) is 16.1. The van der Waals surface area contributed by atoms with Gasteiger partial charge in [0.05, 0.1) is 29.0 Å². The van der Waals surface area contributed by atoms with Crippen LogP contribution in [0.5, 0.6) is 0 Å². The Balaban J connectivity index is 1.71. The van der Waals surface area contributed by atoms with Crippen molar-refractivity contribution in [3.8, 4) is 0 Å². The van der Waals surface area contributed by atoms with Gasteiger partial charge in [0.2, 0.25) is 0 Å². The van der Waals surface area contributed by atoms with E-state index in [1.54, 1.807) is 11.3 Å². The van der Waals surface area contributed by atoms with E-state index in [9.17, 15) is 4.79 Å². The molecule has 6 heteroatoms. The summed E-state index contributed by atoms with van der Waals surface area (Å²) in [7, 11) is 0. The first kappa shape index (κ1) is 18.0. The van der Waals surface area contributed by atoms with Crippen molar-refractivity contribution in [2.24, 2.45) is 4.99 Å². The molecule has 2 N–H and O–H groups in total. The Morgan fingerprint density at radius 1 is 1.22 bits per heavy atom. The predicted octanol–water partition coefficient (Wildman–Crippen LogP) is 4.46. The number of aliphatic imine (C=N–C) groups is 1. The molecule has 2 aromatic rings. The van der Waals surface area contributed by atoms with E-state index >= 15 is 0 Å². The first-order chi connectivity index (χ1) is 12.9. The molecule has 27 heavy (non-hydrogen) atoms. The minimum atomic E-state index is -0.383. The van der Waals surface area contributed by atoms with Crippen LogP contribution in [0.1, 0.15) is 44.0 Å². The molecule has 2 aliphatic heterocycles. The van der Waals surface area contributed by atoms with Crippen molar-refractivity contribution in [3.05, 3.63) is 46.7 Å². The van der Waals surface area contributed by atoms with Gasteiger partial charge in [0.25, 0.3) is 5.91 Å². The molecular weight excluding hydrogens is 356 g/mol. The van der Waals surface area contributed by atoms with E-state index in [0.29, 0.717) is 6.54 Å². The normalized spacial score (nSPS) is 23.7. The Labute approximate surface area is 164 Å². The number of rotatable bonds is 1. The van der Waals surface area contributed by atoms with Crippen LogP contribution in [0.4, 0.5) is 11.4 Å². The van der Waals surface area contributed by atoms with Gasteiger partial charge >= 0.3 is 0 Å². The lowest BCUT2D eigenvalue weighted by molar-refractivity contribution is 0.0695. The van der Waals surface area contributed by atoms with Gasteiger partial charge in [0.15, 0.2) is 0 Å². The van der Waals surface area contributed by atoms with Crippen LogP contribution in [0.15, 0.2) is 46.1 Å². The fourth-order valence-electron chi connectivity index (χ4n) is 3.83. The third-order valence-corrected chi connectivity index (χ3v) is 5.69. The predicted molar refractivity (Wildman–Crippen MR) is 113 cm³/mol. The number of anilines is 2. The fraction of sp³-hybridized carbons (Fsp3) is 0.429. The summed E-state index contributed by atoms with van der Waals surface area (Å²) >= 11 is 1.56. The third-order valence-electron chi connectivity index (χ3n) is 5.00. The number of fused-ring (bicyclic) bond motifs is 1. The van der Waals surface area contributed by atoms with Crippen LogP contribution in [0.2, 0.25) is 0 Å². The first-order valence-electron chi connectivity index (χ1n) is 9.42. The number of hydrogen-bond acceptors (Lipinski definition) is 4. The monoisotopic (exact) mass is 382 g/mol. The molecular formula is C21H26N4OS. The van der Waals surface area contributed by atoms with Gasteiger partial charge in [0.1, 0.15) is 11.4 Å². The summed E-state index contributed by atoms with van der Waals surface area (Å²) in [5.41, 5.74) is 2.28. The van der Waals surface area contributed by atoms with Crippen molar-refractivity contribution in [3.63, 3.8) is 0 Å². The van der Waals surface area contributed by atoms with Crippen LogP contribution in [0.3, 0.4) is 0 Å². The van der Waals surface area contributed by atoms with Crippen LogP contribution in [0.25, 0.3) is 0 Å². The number of para-hydroxylation sites is 2. The van der Waals surface area contributed by atoms with Gasteiger partial charge in [0, 0.05) is 11.9 Å². The summed E-state index contributed by atoms with van der Waals surface area (Å²) in [5.74, 6) is 1.03. The number of amides is 1. The van der Waals surface area contributed by atoms with E-state index in [4.69, 9.17) is 4.99 Å². The Kier molecular flexibility index (Phi) is 4.46. The molecule has 2 aliphatic rings. The van der Waals surface area contributed by atoms with E-state index in [0.717, 1.165) is 42.2 Å². The molecule has 0 aliphatic carbocycles. The lowest BCUT2D eigenvalue weighted by Gasteiger charge is -2.47. The second-order valence-corrected chi connectivity index (χ2v) is 9.13. The van der Waals surface area contributed by atoms with E-state index in [2.05, 4.69) is 43.5 Å². The van der Waals surface area contributed by atoms with Crippen molar-refractivity contribution in [2.45, 2.75) is 44.7 Å². The number of carbonyl (C=O) groups is 1. The second kappa shape index (κ2) is 6.68. The molecule has 0 radical (unpaired) electrons. The zero-order chi connectivity index (χ0) is 19.1. The summed E-state index contributed by atoms with van der Waals surface area (Å²) in [4.78, 5) is 19.9. The number of nitrogens with zero attached hydrogens (tertiary/aromatic N) is 2. The van der Waals surface area contributed by atoms with Gasteiger partial charge < -0.3 is 15.5 Å². The van der Waals surface area contributed by atoms with E-state index < -0.39 is 0 Å². The van der Waals surface area contributed by atoms with E-state index in [1.165, 1.54) is 0 Å². The summed E-state index contributed by atoms with van der Waals surface area (Å²) in [6.07, 6.45) is 1.88. The van der Waals surface area contributed by atoms with Gasteiger partial charge in [-0.15, -0.1) is 0 Å². The van der Waals surface area contributed by atoms with Crippen LogP contribution in [-0.4, -0.2) is 40.8 Å². The molecule has 1 spiro atoms. The summed E-state index contributed by atoms with van der Waals surface area (Å²) in [5, 5.41) is 11.2. The number of piperidine rings is 1. The highest BCUT2D eigenvalue weighted by molar-refractivity contribution is 7.08. The van der Waals surface area contributed by atoms with Gasteiger partial charge in [-0.2, -0.15) is 11.3 Å². The summed E-state index contributed by atoms with van der Waals surface area (Å²) in [6, 6.07) is 10.1. The molecule has 1 amide bonds. The zero-order valence-corrected chi connectivity index (χ0v) is 16.9. The lowest BCUT2D eigenvalue weighted by Crippen LogP contribution is -2.63. The molecule has 142 valence electrons. The molecule has 1 saturated heterocycles. The van der Waals surface area contributed by atoms with Crippen molar-refractivity contribution in [1.29, 1.82) is 0 Å². The minimum Gasteiger partial charge on any atom is -0.370 e. The van der Waals surface area contributed by atoms with Crippen molar-refractivity contribution >= 4 is 34.5 Å². The Bertz CT molecular complexity index is 869. The number of nitrogens with one attached hydrogen (secondary N) is 2. The standard InChI is InChI=1S/C21H26N4OS/c1-20(2,3)24-19-21(23-17-8-5-4-7-16(17)22-19)10-6-11-25(14-21)18(26)15-9-12-27-13-15/h4-5,7-9,12-13,23H,6,10-11,14H2,1-3H3,(H,22,24). The molecule has 4 rings (SSSR count). The topological polar surface area (TPSA) is 56.7 Å². The fourth-order valence-corrected chi connectivity index (χ4v) is 4.46. The van der Waals surface area contributed by atoms with Crippen LogP contribution in [0, 0.1) is 0 Å². The molecule has 1 atom stereocenters. The minimum absolute atomic E-state index is 0.103. The van der Waals surface area contributed by atoms with Crippen molar-refractivity contribution in [1.82, 2.24) is 4.90 Å². The summed E-state index contributed by atoms with van der Waals surface area (Å²) < 4.78 is 0. The first-order valence-corrected chi connectivity index (χ1v) is 10.4. The quantitative estimate of drug-likeness (QED) is 0.766. The van der Waals surface area contributed by atoms with Gasteiger partial charge in [-0.25, -0.2) is 0 Å². The second-order valence-electron chi connectivity index (χ2n) is 8.35. The number of thiophene rings is 1. The SMILES string of the molecule is CC(C)(C)N=C1Nc2ccccc2NC12CCCN(C(=O)c1ccsc1)C2. The number of likely N-dealkylation sites (tertiary alicyclic amines) is 1. The van der Waals surface area contributed by atoms with Crippen molar-refractivity contribution < 1.29 is 4.79 Å². The highest BCUT2D eigenvalue weighted by Crippen LogP contribution is 2.37.